The maximum atomic E-state index is 12.6. The van der Waals surface area contributed by atoms with Gasteiger partial charge in [-0.1, -0.05) is 24.2 Å². The molecule has 0 atom stereocenters. The van der Waals surface area contributed by atoms with Crippen molar-refractivity contribution < 1.29 is 9.53 Å². The van der Waals surface area contributed by atoms with Crippen LogP contribution in [0, 0.1) is 0 Å². The van der Waals surface area contributed by atoms with Crippen molar-refractivity contribution in [2.75, 3.05) is 43.1 Å². The third-order valence-corrected chi connectivity index (χ3v) is 9.41. The topological polar surface area (TPSA) is 60.9 Å². The number of rotatable bonds is 4. The van der Waals surface area contributed by atoms with Gasteiger partial charge >= 0.3 is 0 Å². The van der Waals surface area contributed by atoms with Crippen LogP contribution in [0.1, 0.15) is 67.7 Å². The zero-order valence-corrected chi connectivity index (χ0v) is 22.0. The van der Waals surface area contributed by atoms with Gasteiger partial charge in [0.1, 0.15) is 17.2 Å². The molecule has 1 N–H and O–H groups in total. The van der Waals surface area contributed by atoms with E-state index in [-0.39, 0.29) is 11.4 Å². The van der Waals surface area contributed by atoms with Crippen molar-refractivity contribution in [1.82, 2.24) is 15.2 Å². The molecule has 2 fully saturated rings. The van der Waals surface area contributed by atoms with Crippen molar-refractivity contribution in [3.05, 3.63) is 28.8 Å². The molecule has 35 heavy (non-hydrogen) atoms. The smallest absolute Gasteiger partial charge is 0.263 e. The highest BCUT2D eigenvalue weighted by atomic mass is 32.1. The summed E-state index contributed by atoms with van der Waals surface area (Å²) in [5.74, 6) is 0.895. The Morgan fingerprint density at radius 3 is 2.69 bits per heavy atom. The van der Waals surface area contributed by atoms with E-state index in [0.717, 1.165) is 46.1 Å². The lowest BCUT2D eigenvalue weighted by atomic mass is 9.94. The summed E-state index contributed by atoms with van der Waals surface area (Å²) in [6.07, 6.45) is 8.80. The second-order valence-corrected chi connectivity index (χ2v) is 12.2. The van der Waals surface area contributed by atoms with Gasteiger partial charge in [-0.05, 0) is 51.7 Å². The molecule has 1 aliphatic carbocycles. The van der Waals surface area contributed by atoms with E-state index in [1.165, 1.54) is 68.6 Å². The third kappa shape index (κ3) is 4.40. The van der Waals surface area contributed by atoms with Crippen LogP contribution in [0.4, 0.5) is 16.5 Å². The molecule has 4 aliphatic rings. The fraction of sp³-hybridized carbons (Fsp3) is 0.630. The molecule has 1 aromatic carbocycles. The minimum atomic E-state index is -0.259. The minimum Gasteiger partial charge on any atom is -0.489 e. The number of hydrogen-bond donors (Lipinski definition) is 1. The second kappa shape index (κ2) is 8.96. The predicted molar refractivity (Wildman–Crippen MR) is 142 cm³/mol. The molecule has 6 rings (SSSR count). The molecule has 2 aromatic rings. The monoisotopic (exact) mass is 495 g/mol. The van der Waals surface area contributed by atoms with E-state index >= 15 is 0 Å². The Morgan fingerprint density at radius 2 is 1.91 bits per heavy atom. The lowest BCUT2D eigenvalue weighted by Gasteiger charge is -2.40. The molecular weight excluding hydrogens is 458 g/mol. The maximum Gasteiger partial charge on any atom is 0.263 e. The number of nitrogens with one attached hydrogen (secondary N) is 1. The lowest BCUT2D eigenvalue weighted by Crippen LogP contribution is -2.48. The van der Waals surface area contributed by atoms with Gasteiger partial charge in [0.15, 0.2) is 5.13 Å². The molecule has 8 heteroatoms. The van der Waals surface area contributed by atoms with Crippen LogP contribution in [0.25, 0.3) is 0 Å². The first-order chi connectivity index (χ1) is 16.9. The number of piperidine rings is 1. The molecule has 0 unspecified atom stereocenters. The average molecular weight is 496 g/mol. The predicted octanol–water partition coefficient (Wildman–Crippen LogP) is 4.58. The van der Waals surface area contributed by atoms with Crippen LogP contribution < -0.4 is 19.9 Å². The molecule has 0 radical (unpaired) electrons. The molecule has 1 amide bonds. The summed E-state index contributed by atoms with van der Waals surface area (Å²) in [7, 11) is 2.23. The van der Waals surface area contributed by atoms with Crippen LogP contribution >= 0.6 is 11.3 Å². The average Bonchev–Trinajstić information content (AvgIpc) is 3.53. The number of carbonyl (C=O) groups excluding carboxylic acids is 1. The number of likely N-dealkylation sites (tertiary alicyclic amines) is 1. The molecule has 1 saturated carbocycles. The fourth-order valence-corrected chi connectivity index (χ4v) is 7.34. The van der Waals surface area contributed by atoms with Gasteiger partial charge in [-0.15, -0.1) is 0 Å². The van der Waals surface area contributed by atoms with Crippen LogP contribution in [0.15, 0.2) is 18.2 Å². The number of ether oxygens (including phenoxy) is 1. The van der Waals surface area contributed by atoms with Gasteiger partial charge in [0.2, 0.25) is 0 Å². The molecule has 0 spiro atoms. The van der Waals surface area contributed by atoms with E-state index < -0.39 is 0 Å². The van der Waals surface area contributed by atoms with E-state index in [2.05, 4.69) is 45.3 Å². The van der Waals surface area contributed by atoms with Crippen LogP contribution in [0.5, 0.6) is 5.75 Å². The summed E-state index contributed by atoms with van der Waals surface area (Å²) in [6, 6.07) is 7.97. The SMILES string of the molecule is CN(c1ccc2c(c1)OCCN2c1nc2c(s1)C(=O)NC(C)(C)C2)C1CCN(C2CCCC2)CC1. The summed E-state index contributed by atoms with van der Waals surface area (Å²) in [5.41, 5.74) is 2.90. The summed E-state index contributed by atoms with van der Waals surface area (Å²) in [4.78, 5) is 25.7. The van der Waals surface area contributed by atoms with Gasteiger partial charge in [-0.2, -0.15) is 0 Å². The number of fused-ring (bicyclic) bond motifs is 2. The minimum absolute atomic E-state index is 0.00978. The summed E-state index contributed by atoms with van der Waals surface area (Å²) in [5, 5.41) is 3.98. The van der Waals surface area contributed by atoms with Gasteiger partial charge in [0.25, 0.3) is 5.91 Å². The Morgan fingerprint density at radius 1 is 1.14 bits per heavy atom. The highest BCUT2D eigenvalue weighted by molar-refractivity contribution is 7.17. The quantitative estimate of drug-likeness (QED) is 0.670. The largest absolute Gasteiger partial charge is 0.489 e. The third-order valence-electron chi connectivity index (χ3n) is 8.29. The first-order valence-corrected chi connectivity index (χ1v) is 14.0. The van der Waals surface area contributed by atoms with Gasteiger partial charge in [0.05, 0.1) is 17.9 Å². The number of carbonyl (C=O) groups is 1. The van der Waals surface area contributed by atoms with Gasteiger partial charge in [-0.25, -0.2) is 4.98 Å². The number of aromatic nitrogens is 1. The fourth-order valence-electron chi connectivity index (χ4n) is 6.32. The number of nitrogens with zero attached hydrogens (tertiary/aromatic N) is 4. The zero-order chi connectivity index (χ0) is 24.2. The van der Waals surface area contributed by atoms with Crippen LogP contribution in [-0.2, 0) is 6.42 Å². The highest BCUT2D eigenvalue weighted by Crippen LogP contribution is 2.42. The van der Waals surface area contributed by atoms with E-state index in [4.69, 9.17) is 9.72 Å². The molecular formula is C27H37N5O2S. The van der Waals surface area contributed by atoms with Crippen LogP contribution in [0.3, 0.4) is 0 Å². The van der Waals surface area contributed by atoms with E-state index in [9.17, 15) is 4.79 Å². The Labute approximate surface area is 212 Å². The number of thiazole rings is 1. The molecule has 7 nitrogen and oxygen atoms in total. The highest BCUT2D eigenvalue weighted by Gasteiger charge is 2.35. The van der Waals surface area contributed by atoms with Crippen molar-refractivity contribution >= 4 is 33.8 Å². The number of amides is 1. The van der Waals surface area contributed by atoms with E-state index in [0.29, 0.717) is 12.6 Å². The zero-order valence-electron chi connectivity index (χ0n) is 21.2. The van der Waals surface area contributed by atoms with E-state index in [1.807, 2.05) is 13.8 Å². The molecule has 188 valence electrons. The summed E-state index contributed by atoms with van der Waals surface area (Å²) < 4.78 is 6.12. The van der Waals surface area contributed by atoms with Gasteiger partial charge in [0, 0.05) is 55.9 Å². The molecule has 3 aliphatic heterocycles. The first kappa shape index (κ1) is 23.1. The molecule has 0 bridgehead atoms. The van der Waals surface area contributed by atoms with Crippen LogP contribution in [-0.4, -0.2) is 66.7 Å². The first-order valence-electron chi connectivity index (χ1n) is 13.2. The van der Waals surface area contributed by atoms with E-state index in [1.54, 1.807) is 0 Å². The van der Waals surface area contributed by atoms with Crippen molar-refractivity contribution in [3.63, 3.8) is 0 Å². The number of anilines is 3. The van der Waals surface area contributed by atoms with Crippen molar-refractivity contribution in [3.8, 4) is 5.75 Å². The Bertz CT molecular complexity index is 1100. The Kier molecular flexibility index (Phi) is 5.92. The summed E-state index contributed by atoms with van der Waals surface area (Å²) in [6.45, 7) is 7.88. The number of benzene rings is 1. The second-order valence-electron chi connectivity index (χ2n) is 11.3. The normalized spacial score (nSPS) is 22.9. The van der Waals surface area contributed by atoms with Crippen molar-refractivity contribution in [2.24, 2.45) is 0 Å². The molecule has 1 saturated heterocycles. The Hall–Kier alpha value is -2.32. The number of hydrogen-bond acceptors (Lipinski definition) is 7. The van der Waals surface area contributed by atoms with Crippen molar-refractivity contribution in [2.45, 2.75) is 76.4 Å². The van der Waals surface area contributed by atoms with Crippen LogP contribution in [0.2, 0.25) is 0 Å². The lowest BCUT2D eigenvalue weighted by molar-refractivity contribution is 0.0901. The standard InChI is InChI=1S/C27H37N5O2S/c1-27(2)17-21-24(25(33)29-27)35-26(28-21)32-14-15-34-23-16-20(8-9-22(23)32)30(3)18-10-12-31(13-11-18)19-6-4-5-7-19/h8-9,16,18-19H,4-7,10-15,17H2,1-3H3,(H,29,33). The molecule has 1 aromatic heterocycles. The maximum absolute atomic E-state index is 12.6. The van der Waals surface area contributed by atoms with Gasteiger partial charge < -0.3 is 24.8 Å². The van der Waals surface area contributed by atoms with Crippen molar-refractivity contribution in [1.29, 1.82) is 0 Å². The molecule has 4 heterocycles. The van der Waals surface area contributed by atoms with Gasteiger partial charge in [-0.3, -0.25) is 4.79 Å². The Balaban J connectivity index is 1.18. The summed E-state index contributed by atoms with van der Waals surface area (Å²) >= 11 is 1.49.